The summed E-state index contributed by atoms with van der Waals surface area (Å²) in [5.74, 6) is 1.47. The number of amides is 1. The van der Waals surface area contributed by atoms with Gasteiger partial charge in [0.05, 0.1) is 36.5 Å². The molecule has 2 N–H and O–H groups in total. The van der Waals surface area contributed by atoms with Crippen molar-refractivity contribution in [3.63, 3.8) is 0 Å². The van der Waals surface area contributed by atoms with Crippen LogP contribution in [0.15, 0.2) is 41.1 Å². The molecule has 3 unspecified atom stereocenters. The van der Waals surface area contributed by atoms with E-state index in [0.717, 1.165) is 5.39 Å². The number of nitrogens with zero attached hydrogens (tertiary/aromatic N) is 3. The smallest absolute Gasteiger partial charge is 0.256 e. The molecule has 10 heteroatoms. The molecule has 3 aromatic heterocycles. The second-order valence-electron chi connectivity index (χ2n) is 10.2. The SMILES string of the molecule is Cc1c(C(=O)N2C[C@H](F)[C@H]2C)cn2nccc(Oc3ccc4c5c(oc4c3)C3OCC3(C)NC5O)c12. The number of ether oxygens (including phenoxy) is 2. The molecule has 186 valence electrons. The van der Waals surface area contributed by atoms with Crippen molar-refractivity contribution < 1.29 is 28.2 Å². The van der Waals surface area contributed by atoms with Gasteiger partial charge in [-0.3, -0.25) is 10.1 Å². The lowest BCUT2D eigenvalue weighted by Crippen LogP contribution is -2.63. The third kappa shape index (κ3) is 2.86. The lowest BCUT2D eigenvalue weighted by Gasteiger charge is -2.50. The highest BCUT2D eigenvalue weighted by Crippen LogP contribution is 2.50. The summed E-state index contributed by atoms with van der Waals surface area (Å²) in [6.45, 7) is 6.15. The van der Waals surface area contributed by atoms with Gasteiger partial charge in [-0.05, 0) is 38.5 Å². The Balaban J connectivity index is 1.24. The van der Waals surface area contributed by atoms with E-state index in [4.69, 9.17) is 13.9 Å². The van der Waals surface area contributed by atoms with E-state index >= 15 is 0 Å². The number of alkyl halides is 1. The summed E-state index contributed by atoms with van der Waals surface area (Å²) in [5.41, 5.74) is 2.75. The maximum atomic E-state index is 13.7. The number of nitrogens with one attached hydrogen (secondary N) is 1. The van der Waals surface area contributed by atoms with Gasteiger partial charge in [0, 0.05) is 29.3 Å². The van der Waals surface area contributed by atoms with E-state index in [1.165, 1.54) is 4.90 Å². The van der Waals surface area contributed by atoms with Gasteiger partial charge in [0.15, 0.2) is 5.75 Å². The van der Waals surface area contributed by atoms with Gasteiger partial charge < -0.3 is 23.9 Å². The van der Waals surface area contributed by atoms with Crippen LogP contribution in [-0.4, -0.2) is 56.4 Å². The lowest BCUT2D eigenvalue weighted by atomic mass is 9.82. The number of aliphatic hydroxyl groups excluding tert-OH is 1. The van der Waals surface area contributed by atoms with Crippen LogP contribution in [0.1, 0.15) is 53.4 Å². The second-order valence-corrected chi connectivity index (χ2v) is 10.2. The largest absolute Gasteiger partial charge is 0.458 e. The molecule has 0 bridgehead atoms. The van der Waals surface area contributed by atoms with Gasteiger partial charge in [-0.2, -0.15) is 5.10 Å². The molecule has 4 aromatic rings. The molecule has 2 saturated heterocycles. The zero-order valence-electron chi connectivity index (χ0n) is 20.0. The van der Waals surface area contributed by atoms with E-state index in [0.29, 0.717) is 51.7 Å². The van der Waals surface area contributed by atoms with Crippen molar-refractivity contribution in [2.75, 3.05) is 13.2 Å². The minimum atomic E-state index is -0.994. The zero-order valence-corrected chi connectivity index (χ0v) is 20.0. The number of rotatable bonds is 3. The molecule has 6 heterocycles. The molecule has 3 aliphatic heterocycles. The van der Waals surface area contributed by atoms with Crippen molar-refractivity contribution >= 4 is 22.4 Å². The van der Waals surface area contributed by atoms with Crippen LogP contribution in [0.2, 0.25) is 0 Å². The van der Waals surface area contributed by atoms with Crippen molar-refractivity contribution in [2.45, 2.75) is 50.9 Å². The van der Waals surface area contributed by atoms with Crippen molar-refractivity contribution in [1.82, 2.24) is 19.8 Å². The van der Waals surface area contributed by atoms with E-state index in [2.05, 4.69) is 10.4 Å². The van der Waals surface area contributed by atoms with Crippen molar-refractivity contribution in [2.24, 2.45) is 0 Å². The fraction of sp³-hybridized carbons (Fsp3) is 0.385. The molecule has 0 spiro atoms. The molecule has 3 aliphatic rings. The Labute approximate surface area is 205 Å². The summed E-state index contributed by atoms with van der Waals surface area (Å²) >= 11 is 0. The van der Waals surface area contributed by atoms with E-state index in [9.17, 15) is 14.3 Å². The van der Waals surface area contributed by atoms with Crippen molar-refractivity contribution in [3.8, 4) is 11.5 Å². The normalized spacial score (nSPS) is 29.0. The summed E-state index contributed by atoms with van der Waals surface area (Å²) in [5, 5.41) is 19.1. The molecule has 36 heavy (non-hydrogen) atoms. The maximum Gasteiger partial charge on any atom is 0.256 e. The minimum Gasteiger partial charge on any atom is -0.458 e. The first-order valence-electron chi connectivity index (χ1n) is 12.0. The minimum absolute atomic E-state index is 0.102. The lowest BCUT2D eigenvalue weighted by molar-refractivity contribution is -0.179. The number of benzene rings is 1. The number of hydrogen-bond acceptors (Lipinski definition) is 7. The topological polar surface area (TPSA) is 101 Å². The van der Waals surface area contributed by atoms with Crippen LogP contribution < -0.4 is 10.1 Å². The van der Waals surface area contributed by atoms with Gasteiger partial charge in [0.2, 0.25) is 0 Å². The molecule has 1 amide bonds. The molecule has 0 aliphatic carbocycles. The number of carbonyl (C=O) groups excluding carboxylic acids is 1. The number of aromatic nitrogens is 2. The summed E-state index contributed by atoms with van der Waals surface area (Å²) in [6.07, 6.45) is 1.16. The predicted molar refractivity (Wildman–Crippen MR) is 127 cm³/mol. The number of fused-ring (bicyclic) bond motifs is 6. The van der Waals surface area contributed by atoms with E-state index < -0.39 is 18.4 Å². The Morgan fingerprint density at radius 3 is 2.92 bits per heavy atom. The Morgan fingerprint density at radius 1 is 1.36 bits per heavy atom. The quantitative estimate of drug-likeness (QED) is 0.449. The first kappa shape index (κ1) is 21.8. The van der Waals surface area contributed by atoms with E-state index in [1.54, 1.807) is 36.0 Å². The number of furan rings is 1. The summed E-state index contributed by atoms with van der Waals surface area (Å²) in [7, 11) is 0. The highest BCUT2D eigenvalue weighted by molar-refractivity contribution is 5.99. The first-order valence-corrected chi connectivity index (χ1v) is 12.0. The standard InChI is InChI=1S/C26H25FN4O5/c1-12-16(25(33)30-10-17(27)13(30)2)9-31-21(12)18(6-7-28-31)35-14-4-5-15-19(8-14)36-22-20(15)24(32)29-26(3)11-34-23(22)26/h4-9,13,17,23-24,29,32H,10-11H2,1-3H3/t13-,17+,23?,24?,26?/m1/s1. The Bertz CT molecular complexity index is 1560. The van der Waals surface area contributed by atoms with Crippen LogP contribution in [0.4, 0.5) is 4.39 Å². The Kier molecular flexibility index (Phi) is 4.41. The number of carbonyl (C=O) groups is 1. The molecule has 1 aromatic carbocycles. The van der Waals surface area contributed by atoms with E-state index in [1.807, 2.05) is 26.0 Å². The van der Waals surface area contributed by atoms with Crippen LogP contribution in [0, 0.1) is 6.92 Å². The molecular weight excluding hydrogens is 467 g/mol. The van der Waals surface area contributed by atoms with Gasteiger partial charge in [-0.25, -0.2) is 8.91 Å². The zero-order chi connectivity index (χ0) is 24.9. The average molecular weight is 493 g/mol. The van der Waals surface area contributed by atoms with Crippen LogP contribution in [0.25, 0.3) is 16.5 Å². The monoisotopic (exact) mass is 492 g/mol. The van der Waals surface area contributed by atoms with Crippen molar-refractivity contribution in [3.05, 3.63) is 59.1 Å². The van der Waals surface area contributed by atoms with Gasteiger partial charge in [0.1, 0.15) is 41.1 Å². The number of halogens is 1. The number of likely N-dealkylation sites (tertiary alicyclic amines) is 1. The number of hydrogen-bond donors (Lipinski definition) is 2. The Morgan fingerprint density at radius 2 is 2.19 bits per heavy atom. The van der Waals surface area contributed by atoms with Gasteiger partial charge in [-0.1, -0.05) is 0 Å². The van der Waals surface area contributed by atoms with Gasteiger partial charge in [-0.15, -0.1) is 0 Å². The van der Waals surface area contributed by atoms with Crippen LogP contribution >= 0.6 is 0 Å². The molecule has 5 atom stereocenters. The third-order valence-corrected chi connectivity index (χ3v) is 7.83. The molecule has 9 nitrogen and oxygen atoms in total. The number of aliphatic hydroxyl groups is 1. The Hall–Kier alpha value is -3.47. The summed E-state index contributed by atoms with van der Waals surface area (Å²) < 4.78 is 33.4. The predicted octanol–water partition coefficient (Wildman–Crippen LogP) is 3.79. The average Bonchev–Trinajstić information content (AvgIpc) is 3.38. The van der Waals surface area contributed by atoms with Crippen molar-refractivity contribution in [1.29, 1.82) is 0 Å². The van der Waals surface area contributed by atoms with Crippen LogP contribution in [0.5, 0.6) is 11.5 Å². The highest BCUT2D eigenvalue weighted by Gasteiger charge is 2.53. The van der Waals surface area contributed by atoms with Crippen LogP contribution in [-0.2, 0) is 4.74 Å². The fourth-order valence-electron chi connectivity index (χ4n) is 5.57. The molecule has 7 rings (SSSR count). The summed E-state index contributed by atoms with van der Waals surface area (Å²) in [4.78, 5) is 14.5. The fourth-order valence-corrected chi connectivity index (χ4v) is 5.57. The van der Waals surface area contributed by atoms with Gasteiger partial charge in [0.25, 0.3) is 5.91 Å². The maximum absolute atomic E-state index is 13.7. The van der Waals surface area contributed by atoms with E-state index in [-0.39, 0.29) is 24.1 Å². The molecule has 0 saturated carbocycles. The highest BCUT2D eigenvalue weighted by atomic mass is 19.1. The molecule has 0 radical (unpaired) electrons. The summed E-state index contributed by atoms with van der Waals surface area (Å²) in [6, 6.07) is 6.74. The molecule has 2 fully saturated rings. The first-order chi connectivity index (χ1) is 17.2. The number of aryl methyl sites for hydroxylation is 1. The van der Waals surface area contributed by atoms with Crippen LogP contribution in [0.3, 0.4) is 0 Å². The van der Waals surface area contributed by atoms with Gasteiger partial charge >= 0.3 is 0 Å². The second kappa shape index (κ2) is 7.28. The third-order valence-electron chi connectivity index (χ3n) is 7.83. The molecular formula is C26H25FN4O5.